The van der Waals surface area contributed by atoms with Gasteiger partial charge in [0.15, 0.2) is 0 Å². The number of amides is 2. The van der Waals surface area contributed by atoms with E-state index in [1.807, 2.05) is 32.0 Å². The molecule has 0 atom stereocenters. The summed E-state index contributed by atoms with van der Waals surface area (Å²) in [5.74, 6) is 0.381. The third-order valence-electron chi connectivity index (χ3n) is 3.99. The molecule has 0 unspecified atom stereocenters. The highest BCUT2D eigenvalue weighted by molar-refractivity contribution is 5.99. The third kappa shape index (κ3) is 6.30. The Morgan fingerprint density at radius 2 is 1.68 bits per heavy atom. The number of nitrogens with one attached hydrogen (secondary N) is 2. The molecule has 0 aliphatic rings. The Hall–Kier alpha value is -3.02. The van der Waals surface area contributed by atoms with Crippen molar-refractivity contribution in [3.63, 3.8) is 0 Å². The Labute approximate surface area is 166 Å². The second kappa shape index (κ2) is 8.78. The van der Waals surface area contributed by atoms with E-state index in [1.54, 1.807) is 39.0 Å². The van der Waals surface area contributed by atoms with Crippen molar-refractivity contribution >= 4 is 23.4 Å². The molecule has 0 saturated heterocycles. The molecular formula is C22H28N2O4. The number of aryl methyl sites for hydroxylation is 2. The zero-order valence-electron chi connectivity index (χ0n) is 17.3. The highest BCUT2D eigenvalue weighted by Gasteiger charge is 2.18. The van der Waals surface area contributed by atoms with Crippen LogP contribution in [0.25, 0.3) is 0 Å². The van der Waals surface area contributed by atoms with Crippen molar-refractivity contribution in [3.8, 4) is 5.75 Å². The van der Waals surface area contributed by atoms with Crippen LogP contribution < -0.4 is 15.4 Å². The fourth-order valence-electron chi connectivity index (χ4n) is 2.63. The largest absolute Gasteiger partial charge is 0.497 e. The number of anilines is 2. The molecule has 150 valence electrons. The van der Waals surface area contributed by atoms with Crippen LogP contribution in [0.4, 0.5) is 16.2 Å². The lowest BCUT2D eigenvalue weighted by Crippen LogP contribution is -2.27. The van der Waals surface area contributed by atoms with Crippen LogP contribution in [0.5, 0.6) is 5.75 Å². The number of carbonyl (C=O) groups is 2. The Kier molecular flexibility index (Phi) is 6.67. The van der Waals surface area contributed by atoms with Gasteiger partial charge in [0.25, 0.3) is 0 Å². The van der Waals surface area contributed by atoms with Gasteiger partial charge < -0.3 is 14.8 Å². The van der Waals surface area contributed by atoms with Crippen LogP contribution in [0.2, 0.25) is 0 Å². The smallest absolute Gasteiger partial charge is 0.412 e. The topological polar surface area (TPSA) is 76.7 Å². The second-order valence-electron chi connectivity index (χ2n) is 7.69. The van der Waals surface area contributed by atoms with Crippen LogP contribution in [0, 0.1) is 13.8 Å². The van der Waals surface area contributed by atoms with Gasteiger partial charge in [-0.1, -0.05) is 23.8 Å². The first-order valence-corrected chi connectivity index (χ1v) is 9.11. The highest BCUT2D eigenvalue weighted by Crippen LogP contribution is 2.28. The van der Waals surface area contributed by atoms with Crippen molar-refractivity contribution in [1.29, 1.82) is 0 Å². The predicted molar refractivity (Wildman–Crippen MR) is 111 cm³/mol. The summed E-state index contributed by atoms with van der Waals surface area (Å²) in [6.07, 6.45) is -0.362. The van der Waals surface area contributed by atoms with E-state index in [0.29, 0.717) is 17.1 Å². The quantitative estimate of drug-likeness (QED) is 0.773. The van der Waals surface area contributed by atoms with E-state index in [-0.39, 0.29) is 12.3 Å². The van der Waals surface area contributed by atoms with Gasteiger partial charge in [0.05, 0.1) is 24.9 Å². The maximum atomic E-state index is 12.6. The first-order chi connectivity index (χ1) is 13.1. The van der Waals surface area contributed by atoms with Gasteiger partial charge in [-0.05, 0) is 57.9 Å². The number of hydrogen-bond acceptors (Lipinski definition) is 4. The molecule has 6 heteroatoms. The summed E-state index contributed by atoms with van der Waals surface area (Å²) >= 11 is 0. The average molecular weight is 384 g/mol. The third-order valence-corrected chi connectivity index (χ3v) is 3.99. The Morgan fingerprint density at radius 1 is 0.964 bits per heavy atom. The molecule has 0 aliphatic carbocycles. The van der Waals surface area contributed by atoms with E-state index in [9.17, 15) is 9.59 Å². The molecule has 0 spiro atoms. The molecule has 0 radical (unpaired) electrons. The molecule has 0 aliphatic heterocycles. The molecule has 2 N–H and O–H groups in total. The molecular weight excluding hydrogens is 356 g/mol. The predicted octanol–water partition coefficient (Wildman–Crippen LogP) is 4.84. The summed E-state index contributed by atoms with van der Waals surface area (Å²) in [7, 11) is 1.54. The number of ether oxygens (including phenoxy) is 2. The van der Waals surface area contributed by atoms with Gasteiger partial charge in [0.2, 0.25) is 5.91 Å². The monoisotopic (exact) mass is 384 g/mol. The van der Waals surface area contributed by atoms with Gasteiger partial charge in [-0.3, -0.25) is 10.1 Å². The first kappa shape index (κ1) is 21.3. The van der Waals surface area contributed by atoms with E-state index in [4.69, 9.17) is 9.47 Å². The zero-order valence-corrected chi connectivity index (χ0v) is 17.3. The summed E-state index contributed by atoms with van der Waals surface area (Å²) < 4.78 is 10.5. The number of benzene rings is 2. The van der Waals surface area contributed by atoms with Gasteiger partial charge in [-0.15, -0.1) is 0 Å². The SMILES string of the molecule is COc1ccc(NC(=O)OC(C)(C)C)c(NC(=O)Cc2cc(C)ccc2C)c1. The van der Waals surface area contributed by atoms with E-state index >= 15 is 0 Å². The van der Waals surface area contributed by atoms with Crippen LogP contribution in [0.15, 0.2) is 36.4 Å². The van der Waals surface area contributed by atoms with Crippen molar-refractivity contribution < 1.29 is 19.1 Å². The molecule has 0 saturated carbocycles. The van der Waals surface area contributed by atoms with Gasteiger partial charge in [-0.25, -0.2) is 4.79 Å². The lowest BCUT2D eigenvalue weighted by atomic mass is 10.0. The molecule has 6 nitrogen and oxygen atoms in total. The van der Waals surface area contributed by atoms with Crippen LogP contribution in [-0.2, 0) is 16.0 Å². The lowest BCUT2D eigenvalue weighted by molar-refractivity contribution is -0.115. The van der Waals surface area contributed by atoms with E-state index in [0.717, 1.165) is 16.7 Å². The van der Waals surface area contributed by atoms with Gasteiger partial charge in [-0.2, -0.15) is 0 Å². The van der Waals surface area contributed by atoms with Gasteiger partial charge in [0.1, 0.15) is 11.4 Å². The number of hydrogen-bond donors (Lipinski definition) is 2. The number of methoxy groups -OCH3 is 1. The minimum absolute atomic E-state index is 0.186. The summed E-state index contributed by atoms with van der Waals surface area (Å²) in [6, 6.07) is 11.0. The minimum atomic E-state index is -0.622. The molecule has 2 rings (SSSR count). The molecule has 0 aromatic heterocycles. The summed E-state index contributed by atoms with van der Waals surface area (Å²) in [5, 5.41) is 5.54. The number of carbonyl (C=O) groups excluding carboxylic acids is 2. The molecule has 0 heterocycles. The molecule has 0 fully saturated rings. The van der Waals surface area contributed by atoms with Crippen molar-refractivity contribution in [1.82, 2.24) is 0 Å². The maximum absolute atomic E-state index is 12.6. The average Bonchev–Trinajstić information content (AvgIpc) is 2.58. The Morgan fingerprint density at radius 3 is 2.32 bits per heavy atom. The van der Waals surface area contributed by atoms with E-state index < -0.39 is 11.7 Å². The van der Waals surface area contributed by atoms with Crippen molar-refractivity contribution in [2.24, 2.45) is 0 Å². The highest BCUT2D eigenvalue weighted by atomic mass is 16.6. The fraction of sp³-hybridized carbons (Fsp3) is 0.364. The fourth-order valence-corrected chi connectivity index (χ4v) is 2.63. The van der Waals surface area contributed by atoms with Gasteiger partial charge in [0, 0.05) is 6.07 Å². The molecule has 2 aromatic rings. The maximum Gasteiger partial charge on any atom is 0.412 e. The standard InChI is InChI=1S/C22H28N2O4/c1-14-7-8-15(2)16(11-14)12-20(25)23-19-13-17(27-6)9-10-18(19)24-21(26)28-22(3,4)5/h7-11,13H,12H2,1-6H3,(H,23,25)(H,24,26). The zero-order chi connectivity index (χ0) is 20.9. The van der Waals surface area contributed by atoms with Crippen molar-refractivity contribution in [2.75, 3.05) is 17.7 Å². The summed E-state index contributed by atoms with van der Waals surface area (Å²) in [4.78, 5) is 24.7. The molecule has 28 heavy (non-hydrogen) atoms. The van der Waals surface area contributed by atoms with E-state index in [2.05, 4.69) is 10.6 Å². The normalized spacial score (nSPS) is 10.9. The van der Waals surface area contributed by atoms with Crippen LogP contribution in [0.1, 0.15) is 37.5 Å². The molecule has 2 amide bonds. The summed E-state index contributed by atoms with van der Waals surface area (Å²) in [6.45, 7) is 9.32. The summed E-state index contributed by atoms with van der Waals surface area (Å²) in [5.41, 5.74) is 3.37. The van der Waals surface area contributed by atoms with Crippen molar-refractivity contribution in [2.45, 2.75) is 46.6 Å². The lowest BCUT2D eigenvalue weighted by Gasteiger charge is -2.21. The molecule has 0 bridgehead atoms. The van der Waals surface area contributed by atoms with Crippen LogP contribution in [-0.4, -0.2) is 24.7 Å². The van der Waals surface area contributed by atoms with E-state index in [1.165, 1.54) is 7.11 Å². The first-order valence-electron chi connectivity index (χ1n) is 9.11. The van der Waals surface area contributed by atoms with Crippen molar-refractivity contribution in [3.05, 3.63) is 53.1 Å². The van der Waals surface area contributed by atoms with Crippen LogP contribution >= 0.6 is 0 Å². The minimum Gasteiger partial charge on any atom is -0.497 e. The number of rotatable bonds is 5. The van der Waals surface area contributed by atoms with Gasteiger partial charge >= 0.3 is 6.09 Å². The van der Waals surface area contributed by atoms with Crippen LogP contribution in [0.3, 0.4) is 0 Å². The second-order valence-corrected chi connectivity index (χ2v) is 7.69. The Balaban J connectivity index is 2.19. The Bertz CT molecular complexity index is 869. The molecule has 2 aromatic carbocycles.